The van der Waals surface area contributed by atoms with E-state index < -0.39 is 5.82 Å². The van der Waals surface area contributed by atoms with Crippen molar-refractivity contribution in [1.29, 1.82) is 0 Å². The van der Waals surface area contributed by atoms with Gasteiger partial charge in [-0.3, -0.25) is 4.79 Å². The molecule has 0 unspecified atom stereocenters. The van der Waals surface area contributed by atoms with Crippen LogP contribution in [0.1, 0.15) is 13.8 Å². The summed E-state index contributed by atoms with van der Waals surface area (Å²) in [5.74, 6) is -0.548. The number of carbonyl (C=O) groups is 1. The zero-order valence-corrected chi connectivity index (χ0v) is 10.2. The second kappa shape index (κ2) is 6.08. The number of halogens is 1. The van der Waals surface area contributed by atoms with Crippen LogP contribution in [0.3, 0.4) is 0 Å². The Morgan fingerprint density at radius 1 is 1.47 bits per heavy atom. The summed E-state index contributed by atoms with van der Waals surface area (Å²) in [5, 5.41) is 2.68. The molecule has 0 aliphatic rings. The molecule has 1 aromatic rings. The van der Waals surface area contributed by atoms with Crippen LogP contribution in [0.4, 0.5) is 15.8 Å². The first-order chi connectivity index (χ1) is 8.10. The standard InChI is InChI=1S/C12H18FN3O/c1-3-15-11(17)8-16(4-2)12-9(13)6-5-7-10(12)14/h5-7H,3-4,8,14H2,1-2H3,(H,15,17). The van der Waals surface area contributed by atoms with Gasteiger partial charge < -0.3 is 16.0 Å². The van der Waals surface area contributed by atoms with Gasteiger partial charge in [-0.1, -0.05) is 6.07 Å². The third-order valence-electron chi connectivity index (χ3n) is 2.42. The molecule has 3 N–H and O–H groups in total. The fourth-order valence-corrected chi connectivity index (χ4v) is 1.64. The molecule has 0 aromatic heterocycles. The normalized spacial score (nSPS) is 10.1. The van der Waals surface area contributed by atoms with E-state index in [1.54, 1.807) is 17.0 Å². The third-order valence-corrected chi connectivity index (χ3v) is 2.42. The molecular formula is C12H18FN3O. The predicted octanol–water partition coefficient (Wildman–Crippen LogP) is 1.37. The van der Waals surface area contributed by atoms with Crippen molar-refractivity contribution >= 4 is 17.3 Å². The Kier molecular flexibility index (Phi) is 4.75. The van der Waals surface area contributed by atoms with Crippen molar-refractivity contribution in [3.05, 3.63) is 24.0 Å². The first-order valence-corrected chi connectivity index (χ1v) is 5.65. The molecule has 0 saturated carbocycles. The van der Waals surface area contributed by atoms with Crippen molar-refractivity contribution < 1.29 is 9.18 Å². The largest absolute Gasteiger partial charge is 0.397 e. The topological polar surface area (TPSA) is 58.4 Å². The number of rotatable bonds is 5. The molecule has 5 heteroatoms. The third kappa shape index (κ3) is 3.34. The average molecular weight is 239 g/mol. The van der Waals surface area contributed by atoms with E-state index in [9.17, 15) is 9.18 Å². The highest BCUT2D eigenvalue weighted by Gasteiger charge is 2.15. The lowest BCUT2D eigenvalue weighted by Crippen LogP contribution is -2.37. The maximum atomic E-state index is 13.7. The monoisotopic (exact) mass is 239 g/mol. The van der Waals surface area contributed by atoms with Gasteiger partial charge in [0.2, 0.25) is 5.91 Å². The Balaban J connectivity index is 2.90. The van der Waals surface area contributed by atoms with Crippen LogP contribution in [-0.2, 0) is 4.79 Å². The highest BCUT2D eigenvalue weighted by molar-refractivity contribution is 5.83. The Morgan fingerprint density at radius 3 is 2.71 bits per heavy atom. The van der Waals surface area contributed by atoms with Crippen LogP contribution in [0.15, 0.2) is 18.2 Å². The highest BCUT2D eigenvalue weighted by atomic mass is 19.1. The second-order valence-electron chi connectivity index (χ2n) is 3.65. The highest BCUT2D eigenvalue weighted by Crippen LogP contribution is 2.26. The van der Waals surface area contributed by atoms with E-state index in [0.29, 0.717) is 24.5 Å². The number of benzene rings is 1. The summed E-state index contributed by atoms with van der Waals surface area (Å²) in [6.45, 7) is 4.87. The van der Waals surface area contributed by atoms with Crippen LogP contribution < -0.4 is 16.0 Å². The molecule has 1 rings (SSSR count). The van der Waals surface area contributed by atoms with Crippen LogP contribution in [-0.4, -0.2) is 25.5 Å². The summed E-state index contributed by atoms with van der Waals surface area (Å²) in [6.07, 6.45) is 0. The molecule has 17 heavy (non-hydrogen) atoms. The number of nitrogens with one attached hydrogen (secondary N) is 1. The number of anilines is 2. The molecule has 0 saturated heterocycles. The van der Waals surface area contributed by atoms with Crippen molar-refractivity contribution in [2.24, 2.45) is 0 Å². The van der Waals surface area contributed by atoms with Gasteiger partial charge in [0.1, 0.15) is 5.82 Å². The number of nitrogens with two attached hydrogens (primary N) is 1. The molecular weight excluding hydrogens is 221 g/mol. The fourth-order valence-electron chi connectivity index (χ4n) is 1.64. The minimum absolute atomic E-state index is 0.107. The molecule has 0 spiro atoms. The molecule has 0 bridgehead atoms. The first kappa shape index (κ1) is 13.3. The molecule has 0 fully saturated rings. The minimum atomic E-state index is -0.406. The number of hydrogen-bond acceptors (Lipinski definition) is 3. The van der Waals surface area contributed by atoms with Crippen molar-refractivity contribution in [2.75, 3.05) is 30.3 Å². The number of nitrogens with zero attached hydrogens (tertiary/aromatic N) is 1. The summed E-state index contributed by atoms with van der Waals surface area (Å²) < 4.78 is 13.7. The fraction of sp³-hybridized carbons (Fsp3) is 0.417. The molecule has 0 atom stereocenters. The van der Waals surface area contributed by atoms with Crippen LogP contribution in [0.5, 0.6) is 0 Å². The number of carbonyl (C=O) groups excluding carboxylic acids is 1. The summed E-state index contributed by atoms with van der Waals surface area (Å²) in [6, 6.07) is 4.51. The average Bonchev–Trinajstić information content (AvgIpc) is 2.27. The molecule has 1 amide bonds. The van der Waals surface area contributed by atoms with Crippen LogP contribution >= 0.6 is 0 Å². The molecule has 0 radical (unpaired) electrons. The Morgan fingerprint density at radius 2 is 2.18 bits per heavy atom. The molecule has 0 aliphatic carbocycles. The Labute approximate surface area is 101 Å². The number of hydrogen-bond donors (Lipinski definition) is 2. The van der Waals surface area contributed by atoms with Gasteiger partial charge in [-0.25, -0.2) is 4.39 Å². The lowest BCUT2D eigenvalue weighted by molar-refractivity contribution is -0.119. The minimum Gasteiger partial charge on any atom is -0.397 e. The van der Waals surface area contributed by atoms with E-state index in [1.165, 1.54) is 6.07 Å². The van der Waals surface area contributed by atoms with Crippen molar-refractivity contribution in [2.45, 2.75) is 13.8 Å². The van der Waals surface area contributed by atoms with Gasteiger partial charge in [-0.2, -0.15) is 0 Å². The van der Waals surface area contributed by atoms with E-state index >= 15 is 0 Å². The van der Waals surface area contributed by atoms with Crippen LogP contribution in [0.2, 0.25) is 0 Å². The van der Waals surface area contributed by atoms with E-state index in [0.717, 1.165) is 0 Å². The van der Waals surface area contributed by atoms with E-state index in [2.05, 4.69) is 5.32 Å². The van der Waals surface area contributed by atoms with Crippen LogP contribution in [0, 0.1) is 5.82 Å². The van der Waals surface area contributed by atoms with Gasteiger partial charge in [0, 0.05) is 13.1 Å². The van der Waals surface area contributed by atoms with Gasteiger partial charge in [0.15, 0.2) is 0 Å². The lowest BCUT2D eigenvalue weighted by Gasteiger charge is -2.24. The van der Waals surface area contributed by atoms with E-state index in [4.69, 9.17) is 5.73 Å². The molecule has 1 aromatic carbocycles. The Hall–Kier alpha value is -1.78. The SMILES string of the molecule is CCNC(=O)CN(CC)c1c(N)cccc1F. The zero-order valence-electron chi connectivity index (χ0n) is 10.2. The molecule has 0 aliphatic heterocycles. The number of nitrogen functional groups attached to an aromatic ring is 1. The summed E-state index contributed by atoms with van der Waals surface area (Å²) in [4.78, 5) is 13.1. The second-order valence-corrected chi connectivity index (χ2v) is 3.65. The Bertz CT molecular complexity index is 375. The number of amides is 1. The summed E-state index contributed by atoms with van der Waals surface area (Å²) >= 11 is 0. The van der Waals surface area contributed by atoms with Crippen molar-refractivity contribution in [3.63, 3.8) is 0 Å². The van der Waals surface area contributed by atoms with Gasteiger partial charge in [-0.15, -0.1) is 0 Å². The van der Waals surface area contributed by atoms with Gasteiger partial charge in [0.05, 0.1) is 17.9 Å². The maximum Gasteiger partial charge on any atom is 0.239 e. The van der Waals surface area contributed by atoms with E-state index in [-0.39, 0.29) is 12.5 Å². The molecule has 94 valence electrons. The predicted molar refractivity (Wildman–Crippen MR) is 67.4 cm³/mol. The summed E-state index contributed by atoms with van der Waals surface area (Å²) in [5.41, 5.74) is 6.37. The summed E-state index contributed by atoms with van der Waals surface area (Å²) in [7, 11) is 0. The van der Waals surface area contributed by atoms with Gasteiger partial charge >= 0.3 is 0 Å². The van der Waals surface area contributed by atoms with Gasteiger partial charge in [-0.05, 0) is 26.0 Å². The van der Waals surface area contributed by atoms with Crippen molar-refractivity contribution in [1.82, 2.24) is 5.32 Å². The zero-order chi connectivity index (χ0) is 12.8. The van der Waals surface area contributed by atoms with Crippen LogP contribution in [0.25, 0.3) is 0 Å². The number of para-hydroxylation sites is 1. The molecule has 0 heterocycles. The van der Waals surface area contributed by atoms with Gasteiger partial charge in [0.25, 0.3) is 0 Å². The molecule has 4 nitrogen and oxygen atoms in total. The van der Waals surface area contributed by atoms with Crippen molar-refractivity contribution in [3.8, 4) is 0 Å². The quantitative estimate of drug-likeness (QED) is 0.763. The smallest absolute Gasteiger partial charge is 0.239 e. The van der Waals surface area contributed by atoms with E-state index in [1.807, 2.05) is 13.8 Å². The lowest BCUT2D eigenvalue weighted by atomic mass is 10.2. The maximum absolute atomic E-state index is 13.7. The first-order valence-electron chi connectivity index (χ1n) is 5.65. The number of likely N-dealkylation sites (N-methyl/N-ethyl adjacent to an activating group) is 2.